The van der Waals surface area contributed by atoms with Crippen LogP contribution in [0.2, 0.25) is 0 Å². The first-order valence-electron chi connectivity index (χ1n) is 5.22. The van der Waals surface area contributed by atoms with E-state index in [0.29, 0.717) is 0 Å². The molecule has 94 valence electrons. The van der Waals surface area contributed by atoms with Gasteiger partial charge in [0, 0.05) is 30.7 Å². The van der Waals surface area contributed by atoms with Gasteiger partial charge in [0.15, 0.2) is 0 Å². The lowest BCUT2D eigenvalue weighted by molar-refractivity contribution is -0.127. The second kappa shape index (κ2) is 6.91. The molecule has 17 heavy (non-hydrogen) atoms. The van der Waals surface area contributed by atoms with Gasteiger partial charge in [-0.25, -0.2) is 0 Å². The minimum atomic E-state index is 0.0896. The number of thioether (sulfide) groups is 1. The highest BCUT2D eigenvalue weighted by molar-refractivity contribution is 9.10. The first-order valence-corrected chi connectivity index (χ1v) is 7.00. The third-order valence-electron chi connectivity index (χ3n) is 2.35. The van der Waals surface area contributed by atoms with Crippen LogP contribution < -0.4 is 4.74 Å². The Labute approximate surface area is 115 Å². The summed E-state index contributed by atoms with van der Waals surface area (Å²) < 4.78 is 6.31. The predicted molar refractivity (Wildman–Crippen MR) is 74.7 cm³/mol. The molecule has 0 saturated carbocycles. The van der Waals surface area contributed by atoms with Crippen molar-refractivity contribution in [3.8, 4) is 5.75 Å². The molecular formula is C12H16BrNO2S. The molecule has 0 aromatic heterocycles. The van der Waals surface area contributed by atoms with Gasteiger partial charge in [-0.3, -0.25) is 4.79 Å². The summed E-state index contributed by atoms with van der Waals surface area (Å²) in [5.74, 6) is 1.80. The molecule has 1 aromatic carbocycles. The first-order chi connectivity index (χ1) is 8.04. The molecule has 0 aliphatic carbocycles. The second-order valence-electron chi connectivity index (χ2n) is 3.58. The number of amides is 1. The molecule has 0 saturated heterocycles. The van der Waals surface area contributed by atoms with Crippen LogP contribution in [-0.2, 0) is 4.79 Å². The largest absolute Gasteiger partial charge is 0.496 e. The highest BCUT2D eigenvalue weighted by Gasteiger charge is 2.06. The zero-order chi connectivity index (χ0) is 12.8. The second-order valence-corrected chi connectivity index (χ2v) is 5.64. The number of carbonyl (C=O) groups excluding carboxylic acids is 1. The predicted octanol–water partition coefficient (Wildman–Crippen LogP) is 3.03. The number of nitrogens with zero attached hydrogens (tertiary/aromatic N) is 1. The van der Waals surface area contributed by atoms with Crippen LogP contribution in [0.4, 0.5) is 0 Å². The van der Waals surface area contributed by atoms with E-state index in [0.717, 1.165) is 27.4 Å². The molecule has 3 nitrogen and oxygen atoms in total. The van der Waals surface area contributed by atoms with Gasteiger partial charge in [-0.05, 0) is 18.2 Å². The number of methoxy groups -OCH3 is 1. The highest BCUT2D eigenvalue weighted by atomic mass is 79.9. The van der Waals surface area contributed by atoms with E-state index in [1.54, 1.807) is 37.7 Å². The van der Waals surface area contributed by atoms with Gasteiger partial charge in [-0.15, -0.1) is 11.8 Å². The van der Waals surface area contributed by atoms with Crippen molar-refractivity contribution in [3.63, 3.8) is 0 Å². The Morgan fingerprint density at radius 2 is 2.24 bits per heavy atom. The number of benzene rings is 1. The zero-order valence-electron chi connectivity index (χ0n) is 10.2. The third kappa shape index (κ3) is 4.60. The summed E-state index contributed by atoms with van der Waals surface area (Å²) in [5, 5.41) is 0. The molecule has 0 radical (unpaired) electrons. The Hall–Kier alpha value is -0.680. The van der Waals surface area contributed by atoms with E-state index in [4.69, 9.17) is 4.74 Å². The Balaban J connectivity index is 2.56. The molecule has 0 bridgehead atoms. The van der Waals surface area contributed by atoms with Gasteiger partial charge in [-0.2, -0.15) is 0 Å². The topological polar surface area (TPSA) is 29.5 Å². The summed E-state index contributed by atoms with van der Waals surface area (Å²) in [6, 6.07) is 5.91. The van der Waals surface area contributed by atoms with Gasteiger partial charge >= 0.3 is 0 Å². The summed E-state index contributed by atoms with van der Waals surface area (Å²) in [6.45, 7) is 2.31. The van der Waals surface area contributed by atoms with Crippen LogP contribution in [-0.4, -0.2) is 37.3 Å². The molecule has 0 atom stereocenters. The average molecular weight is 318 g/mol. The fourth-order valence-corrected chi connectivity index (χ4v) is 2.81. The van der Waals surface area contributed by atoms with E-state index in [1.165, 1.54) is 0 Å². The van der Waals surface area contributed by atoms with Gasteiger partial charge in [0.2, 0.25) is 5.91 Å². The van der Waals surface area contributed by atoms with Crippen LogP contribution in [0, 0.1) is 0 Å². The van der Waals surface area contributed by atoms with Crippen molar-refractivity contribution >= 4 is 33.6 Å². The van der Waals surface area contributed by atoms with Crippen molar-refractivity contribution in [1.82, 2.24) is 4.90 Å². The number of rotatable bonds is 5. The monoisotopic (exact) mass is 317 g/mol. The van der Waals surface area contributed by atoms with Gasteiger partial charge in [0.05, 0.1) is 12.0 Å². The van der Waals surface area contributed by atoms with Crippen LogP contribution in [0.1, 0.15) is 6.92 Å². The molecule has 0 fully saturated rings. The SMILES string of the molecule is COc1ccc(Br)cc1SCCN(C)C(C)=O. The molecule has 0 aliphatic heterocycles. The highest BCUT2D eigenvalue weighted by Crippen LogP contribution is 2.31. The summed E-state index contributed by atoms with van der Waals surface area (Å²) >= 11 is 5.12. The van der Waals surface area contributed by atoms with E-state index >= 15 is 0 Å². The van der Waals surface area contributed by atoms with Crippen molar-refractivity contribution < 1.29 is 9.53 Å². The summed E-state index contributed by atoms with van der Waals surface area (Å²) in [7, 11) is 3.47. The minimum absolute atomic E-state index is 0.0896. The number of carbonyl (C=O) groups is 1. The standard InChI is InChI=1S/C12H16BrNO2S/c1-9(15)14(2)6-7-17-12-8-10(13)4-5-11(12)16-3/h4-5,8H,6-7H2,1-3H3. The van der Waals surface area contributed by atoms with Gasteiger partial charge < -0.3 is 9.64 Å². The lowest BCUT2D eigenvalue weighted by Gasteiger charge is -2.15. The first kappa shape index (κ1) is 14.4. The van der Waals surface area contributed by atoms with E-state index < -0.39 is 0 Å². The maximum absolute atomic E-state index is 11.0. The molecule has 0 spiro atoms. The Kier molecular flexibility index (Phi) is 5.85. The number of halogens is 1. The van der Waals surface area contributed by atoms with Gasteiger partial charge in [0.1, 0.15) is 5.75 Å². The van der Waals surface area contributed by atoms with Crippen molar-refractivity contribution in [2.24, 2.45) is 0 Å². The summed E-state index contributed by atoms with van der Waals surface area (Å²) in [4.78, 5) is 13.8. The lowest BCUT2D eigenvalue weighted by Crippen LogP contribution is -2.26. The third-order valence-corrected chi connectivity index (χ3v) is 3.86. The average Bonchev–Trinajstić information content (AvgIpc) is 2.29. The molecule has 1 aromatic rings. The maximum atomic E-state index is 11.0. The van der Waals surface area contributed by atoms with Crippen molar-refractivity contribution in [3.05, 3.63) is 22.7 Å². The minimum Gasteiger partial charge on any atom is -0.496 e. The fourth-order valence-electron chi connectivity index (χ4n) is 1.21. The van der Waals surface area contributed by atoms with Crippen LogP contribution in [0.15, 0.2) is 27.6 Å². The molecule has 1 rings (SSSR count). The number of ether oxygens (including phenoxy) is 1. The van der Waals surface area contributed by atoms with Crippen molar-refractivity contribution in [2.75, 3.05) is 26.5 Å². The zero-order valence-corrected chi connectivity index (χ0v) is 12.6. The molecule has 0 aliphatic rings. The number of hydrogen-bond donors (Lipinski definition) is 0. The molecule has 1 amide bonds. The number of hydrogen-bond acceptors (Lipinski definition) is 3. The quantitative estimate of drug-likeness (QED) is 0.782. The van der Waals surface area contributed by atoms with Crippen LogP contribution in [0.25, 0.3) is 0 Å². The van der Waals surface area contributed by atoms with E-state index in [1.807, 2.05) is 18.2 Å². The Bertz CT molecular complexity index is 398. The fraction of sp³-hybridized carbons (Fsp3) is 0.417. The molecular weight excluding hydrogens is 302 g/mol. The van der Waals surface area contributed by atoms with Crippen molar-refractivity contribution in [1.29, 1.82) is 0 Å². The van der Waals surface area contributed by atoms with Crippen molar-refractivity contribution in [2.45, 2.75) is 11.8 Å². The van der Waals surface area contributed by atoms with Gasteiger partial charge in [-0.1, -0.05) is 15.9 Å². The maximum Gasteiger partial charge on any atom is 0.219 e. The molecule has 5 heteroatoms. The normalized spacial score (nSPS) is 10.1. The molecule has 0 N–H and O–H groups in total. The molecule has 0 heterocycles. The summed E-state index contributed by atoms with van der Waals surface area (Å²) in [5.41, 5.74) is 0. The molecule has 0 unspecified atom stereocenters. The summed E-state index contributed by atoms with van der Waals surface area (Å²) in [6.07, 6.45) is 0. The lowest BCUT2D eigenvalue weighted by atomic mass is 10.3. The smallest absolute Gasteiger partial charge is 0.219 e. The Morgan fingerprint density at radius 1 is 1.53 bits per heavy atom. The van der Waals surface area contributed by atoms with E-state index in [-0.39, 0.29) is 5.91 Å². The Morgan fingerprint density at radius 3 is 2.82 bits per heavy atom. The van der Waals surface area contributed by atoms with Gasteiger partial charge in [0.25, 0.3) is 0 Å². The van der Waals surface area contributed by atoms with Crippen LogP contribution in [0.3, 0.4) is 0 Å². The van der Waals surface area contributed by atoms with Crippen LogP contribution in [0.5, 0.6) is 5.75 Å². The van der Waals surface area contributed by atoms with E-state index in [2.05, 4.69) is 15.9 Å². The van der Waals surface area contributed by atoms with Crippen LogP contribution >= 0.6 is 27.7 Å². The van der Waals surface area contributed by atoms with E-state index in [9.17, 15) is 4.79 Å².